The fraction of sp³-hybridized carbons (Fsp3) is 0.538. The van der Waals surface area contributed by atoms with Crippen LogP contribution in [0.3, 0.4) is 0 Å². The van der Waals surface area contributed by atoms with Gasteiger partial charge in [-0.2, -0.15) is 0 Å². The van der Waals surface area contributed by atoms with Gasteiger partial charge in [0.05, 0.1) is 0 Å². The summed E-state index contributed by atoms with van der Waals surface area (Å²) >= 11 is 0. The van der Waals surface area contributed by atoms with E-state index in [9.17, 15) is 0 Å². The highest BCUT2D eigenvalue weighted by atomic mass is 14.4. The number of unbranched alkanes of at least 4 members (excludes halogenated alkanes) is 5. The van der Waals surface area contributed by atoms with Crippen LogP contribution in [-0.4, -0.2) is 0 Å². The summed E-state index contributed by atoms with van der Waals surface area (Å²) in [4.78, 5) is 0. The molecule has 0 fully saturated rings. The molecule has 0 saturated heterocycles. The highest BCUT2D eigenvalue weighted by Gasteiger charge is 2.37. The second-order valence-electron chi connectivity index (χ2n) is 8.73. The lowest BCUT2D eigenvalue weighted by Gasteiger charge is -2.31. The Kier molecular flexibility index (Phi) is 5.20. The Bertz CT molecular complexity index is 783. The molecule has 2 unspecified atom stereocenters. The zero-order chi connectivity index (χ0) is 18.1. The normalized spacial score (nSPS) is 20.1. The van der Waals surface area contributed by atoms with Gasteiger partial charge in [0.15, 0.2) is 0 Å². The molecule has 0 saturated carbocycles. The van der Waals surface area contributed by atoms with Gasteiger partial charge in [-0.25, -0.2) is 0 Å². The predicted octanol–water partition coefficient (Wildman–Crippen LogP) is 8.04. The van der Waals surface area contributed by atoms with Crippen LogP contribution in [0.5, 0.6) is 0 Å². The van der Waals surface area contributed by atoms with Crippen LogP contribution in [0, 0.1) is 13.8 Å². The molecular weight excluding hydrogens is 312 g/mol. The smallest absolute Gasteiger partial charge is 0.0105 e. The largest absolute Gasteiger partial charge is 0.0654 e. The predicted molar refractivity (Wildman–Crippen MR) is 113 cm³/mol. The standard InChI is InChI=1S/C26H34/c1-4-5-6-7-8-9-10-20-13-16-23-24-17-18(2)11-14-21(24)22-15-12-19(3)25(20)26(22)23/h11-12,14-15,17,20,23H,4-10,13,16H2,1-3H3. The highest BCUT2D eigenvalue weighted by molar-refractivity contribution is 5.81. The molecule has 2 atom stereocenters. The van der Waals surface area contributed by atoms with E-state index in [1.165, 1.54) is 74.5 Å². The van der Waals surface area contributed by atoms with E-state index in [2.05, 4.69) is 51.1 Å². The number of rotatable bonds is 7. The summed E-state index contributed by atoms with van der Waals surface area (Å²) in [5.41, 5.74) is 11.0. The second-order valence-corrected chi connectivity index (χ2v) is 8.73. The van der Waals surface area contributed by atoms with Gasteiger partial charge in [0.1, 0.15) is 0 Å². The van der Waals surface area contributed by atoms with E-state index in [0.29, 0.717) is 5.92 Å². The van der Waals surface area contributed by atoms with Crippen LogP contribution < -0.4 is 0 Å². The molecule has 0 radical (unpaired) electrons. The third-order valence-electron chi connectivity index (χ3n) is 6.84. The molecule has 0 bridgehead atoms. The summed E-state index contributed by atoms with van der Waals surface area (Å²) in [5.74, 6) is 1.46. The minimum Gasteiger partial charge on any atom is -0.0654 e. The Morgan fingerprint density at radius 2 is 1.58 bits per heavy atom. The lowest BCUT2D eigenvalue weighted by molar-refractivity contribution is 0.466. The molecule has 0 aliphatic heterocycles. The van der Waals surface area contributed by atoms with Gasteiger partial charge in [0.2, 0.25) is 0 Å². The maximum atomic E-state index is 2.45. The highest BCUT2D eigenvalue weighted by Crippen LogP contribution is 2.55. The van der Waals surface area contributed by atoms with Crippen LogP contribution in [-0.2, 0) is 0 Å². The summed E-state index contributed by atoms with van der Waals surface area (Å²) in [7, 11) is 0. The first-order chi connectivity index (χ1) is 12.7. The van der Waals surface area contributed by atoms with Crippen molar-refractivity contribution in [1.29, 1.82) is 0 Å². The number of aryl methyl sites for hydroxylation is 2. The third kappa shape index (κ3) is 3.13. The topological polar surface area (TPSA) is 0 Å². The van der Waals surface area contributed by atoms with Gasteiger partial charge >= 0.3 is 0 Å². The van der Waals surface area contributed by atoms with E-state index in [1.807, 2.05) is 0 Å². The fourth-order valence-electron chi connectivity index (χ4n) is 5.54. The Labute approximate surface area is 160 Å². The Balaban J connectivity index is 1.57. The van der Waals surface area contributed by atoms with Crippen molar-refractivity contribution in [3.05, 3.63) is 58.1 Å². The maximum absolute atomic E-state index is 2.45. The molecule has 0 heteroatoms. The summed E-state index contributed by atoms with van der Waals surface area (Å²) in [6, 6.07) is 11.9. The van der Waals surface area contributed by atoms with Gasteiger partial charge in [-0.3, -0.25) is 0 Å². The second kappa shape index (κ2) is 7.59. The monoisotopic (exact) mass is 346 g/mol. The minimum absolute atomic E-state index is 0.663. The Morgan fingerprint density at radius 1 is 0.808 bits per heavy atom. The van der Waals surface area contributed by atoms with Gasteiger partial charge in [0, 0.05) is 5.92 Å². The van der Waals surface area contributed by atoms with Crippen molar-refractivity contribution in [1.82, 2.24) is 0 Å². The van der Waals surface area contributed by atoms with Crippen LogP contribution in [0.1, 0.15) is 104 Å². The third-order valence-corrected chi connectivity index (χ3v) is 6.84. The van der Waals surface area contributed by atoms with Crippen molar-refractivity contribution in [3.63, 3.8) is 0 Å². The average molecular weight is 347 g/mol. The molecule has 2 aromatic rings. The number of benzene rings is 2. The molecule has 0 N–H and O–H groups in total. The number of fused-ring (bicyclic) bond motifs is 3. The quantitative estimate of drug-likeness (QED) is 0.445. The van der Waals surface area contributed by atoms with Crippen molar-refractivity contribution >= 4 is 0 Å². The molecule has 0 aromatic heterocycles. The van der Waals surface area contributed by atoms with Crippen LogP contribution in [0.25, 0.3) is 11.1 Å². The molecule has 2 aliphatic carbocycles. The average Bonchev–Trinajstić information content (AvgIpc) is 2.95. The van der Waals surface area contributed by atoms with E-state index in [-0.39, 0.29) is 0 Å². The number of hydrogen-bond acceptors (Lipinski definition) is 0. The molecule has 0 spiro atoms. The van der Waals surface area contributed by atoms with E-state index >= 15 is 0 Å². The molecule has 26 heavy (non-hydrogen) atoms. The van der Waals surface area contributed by atoms with Gasteiger partial charge in [-0.05, 0) is 72.4 Å². The lowest BCUT2D eigenvalue weighted by atomic mass is 9.73. The first kappa shape index (κ1) is 17.8. The lowest BCUT2D eigenvalue weighted by Crippen LogP contribution is -2.15. The van der Waals surface area contributed by atoms with Crippen LogP contribution in [0.2, 0.25) is 0 Å². The van der Waals surface area contributed by atoms with Crippen LogP contribution in [0.4, 0.5) is 0 Å². The Hall–Kier alpha value is -1.56. The first-order valence-corrected chi connectivity index (χ1v) is 10.9. The zero-order valence-corrected chi connectivity index (χ0v) is 16.9. The summed E-state index contributed by atoms with van der Waals surface area (Å²) < 4.78 is 0. The van der Waals surface area contributed by atoms with E-state index in [0.717, 1.165) is 5.92 Å². The molecule has 2 aromatic carbocycles. The molecule has 0 nitrogen and oxygen atoms in total. The minimum atomic E-state index is 0.663. The van der Waals surface area contributed by atoms with Crippen molar-refractivity contribution in [3.8, 4) is 11.1 Å². The van der Waals surface area contributed by atoms with Gasteiger partial charge in [-0.15, -0.1) is 0 Å². The Morgan fingerprint density at radius 3 is 2.42 bits per heavy atom. The fourth-order valence-corrected chi connectivity index (χ4v) is 5.54. The van der Waals surface area contributed by atoms with Crippen molar-refractivity contribution in [2.24, 2.45) is 0 Å². The van der Waals surface area contributed by atoms with Crippen molar-refractivity contribution in [2.75, 3.05) is 0 Å². The molecular formula is C26H34. The molecule has 138 valence electrons. The van der Waals surface area contributed by atoms with Crippen molar-refractivity contribution < 1.29 is 0 Å². The SMILES string of the molecule is CCCCCCCCC1CCC2c3cc(C)ccc3-c3ccc(C)c1c32. The molecule has 0 heterocycles. The summed E-state index contributed by atoms with van der Waals surface area (Å²) in [5, 5.41) is 0. The van der Waals surface area contributed by atoms with Gasteiger partial charge in [0.25, 0.3) is 0 Å². The van der Waals surface area contributed by atoms with E-state index in [4.69, 9.17) is 0 Å². The van der Waals surface area contributed by atoms with E-state index < -0.39 is 0 Å². The summed E-state index contributed by atoms with van der Waals surface area (Å²) in [6.45, 7) is 6.89. The molecule has 2 aliphatic rings. The van der Waals surface area contributed by atoms with Gasteiger partial charge < -0.3 is 0 Å². The van der Waals surface area contributed by atoms with Crippen LogP contribution >= 0.6 is 0 Å². The van der Waals surface area contributed by atoms with Crippen molar-refractivity contribution in [2.45, 2.75) is 90.4 Å². The van der Waals surface area contributed by atoms with Crippen LogP contribution in [0.15, 0.2) is 30.3 Å². The van der Waals surface area contributed by atoms with Gasteiger partial charge in [-0.1, -0.05) is 81.3 Å². The summed E-state index contributed by atoms with van der Waals surface area (Å²) in [6.07, 6.45) is 12.6. The maximum Gasteiger partial charge on any atom is 0.0105 e. The number of hydrogen-bond donors (Lipinski definition) is 0. The zero-order valence-electron chi connectivity index (χ0n) is 16.9. The molecule has 0 amide bonds. The molecule has 4 rings (SSSR count). The van der Waals surface area contributed by atoms with E-state index in [1.54, 1.807) is 22.3 Å². The first-order valence-electron chi connectivity index (χ1n) is 10.9.